The van der Waals surface area contributed by atoms with Crippen LogP contribution in [0.2, 0.25) is 5.02 Å². The van der Waals surface area contributed by atoms with Gasteiger partial charge in [0, 0.05) is 18.7 Å². The molecule has 0 aliphatic rings. The Morgan fingerprint density at radius 2 is 1.81 bits per heavy atom. The topological polar surface area (TPSA) is 76.7 Å². The van der Waals surface area contributed by atoms with E-state index in [0.717, 1.165) is 11.1 Å². The van der Waals surface area contributed by atoms with Crippen LogP contribution in [0.5, 0.6) is 0 Å². The summed E-state index contributed by atoms with van der Waals surface area (Å²) in [6.07, 6.45) is -0.0169. The van der Waals surface area contributed by atoms with Crippen LogP contribution in [0.15, 0.2) is 48.5 Å². The van der Waals surface area contributed by atoms with Gasteiger partial charge < -0.3 is 20.1 Å². The molecule has 7 heteroatoms. The van der Waals surface area contributed by atoms with Gasteiger partial charge in [0.2, 0.25) is 0 Å². The second kappa shape index (κ2) is 10.5. The Balaban J connectivity index is 2.02. The molecule has 0 saturated heterocycles. The van der Waals surface area contributed by atoms with Crippen molar-refractivity contribution < 1.29 is 19.1 Å². The lowest BCUT2D eigenvalue weighted by molar-refractivity contribution is -0.141. The van der Waals surface area contributed by atoms with Crippen molar-refractivity contribution in [2.45, 2.75) is 25.6 Å². The molecule has 2 amide bonds. The molecule has 1 unspecified atom stereocenters. The maximum absolute atomic E-state index is 12.3. The molecular formula is C20H23ClN2O4. The highest BCUT2D eigenvalue weighted by Gasteiger charge is 2.21. The van der Waals surface area contributed by atoms with Crippen LogP contribution in [0.3, 0.4) is 0 Å². The summed E-state index contributed by atoms with van der Waals surface area (Å²) in [7, 11) is 2.94. The van der Waals surface area contributed by atoms with Gasteiger partial charge in [0.05, 0.1) is 26.2 Å². The van der Waals surface area contributed by atoms with Crippen molar-refractivity contribution >= 4 is 23.6 Å². The van der Waals surface area contributed by atoms with E-state index in [1.54, 1.807) is 31.4 Å². The summed E-state index contributed by atoms with van der Waals surface area (Å²) in [5.41, 5.74) is 2.63. The van der Waals surface area contributed by atoms with Crippen LogP contribution in [-0.4, -0.2) is 26.2 Å². The van der Waals surface area contributed by atoms with Gasteiger partial charge in [-0.15, -0.1) is 0 Å². The third-order valence-electron chi connectivity index (χ3n) is 3.94. The molecule has 2 aromatic carbocycles. The normalized spacial score (nSPS) is 11.5. The van der Waals surface area contributed by atoms with Crippen molar-refractivity contribution in [2.75, 3.05) is 14.2 Å². The summed E-state index contributed by atoms with van der Waals surface area (Å²) in [5, 5.41) is 6.05. The molecule has 144 valence electrons. The van der Waals surface area contributed by atoms with Gasteiger partial charge in [-0.25, -0.2) is 4.79 Å². The molecule has 0 spiro atoms. The smallest absolute Gasteiger partial charge is 0.315 e. The van der Waals surface area contributed by atoms with Crippen LogP contribution in [-0.2, 0) is 27.4 Å². The standard InChI is InChI=1S/C20H23ClN2O4/c1-26-13-15-7-5-6-14(10-15)12-22-20(25)23-18(11-19(24)27-2)16-8-3-4-9-17(16)21/h3-10,18H,11-13H2,1-2H3,(H2,22,23,25). The van der Waals surface area contributed by atoms with E-state index in [1.165, 1.54) is 7.11 Å². The number of ether oxygens (including phenoxy) is 2. The third-order valence-corrected chi connectivity index (χ3v) is 4.28. The van der Waals surface area contributed by atoms with Crippen molar-refractivity contribution in [1.29, 1.82) is 0 Å². The van der Waals surface area contributed by atoms with E-state index in [4.69, 9.17) is 21.1 Å². The summed E-state index contributed by atoms with van der Waals surface area (Å²) in [4.78, 5) is 24.1. The fraction of sp³-hybridized carbons (Fsp3) is 0.300. The molecule has 2 rings (SSSR count). The summed E-state index contributed by atoms with van der Waals surface area (Å²) >= 11 is 6.21. The molecule has 27 heavy (non-hydrogen) atoms. The number of hydrogen-bond acceptors (Lipinski definition) is 4. The Hall–Kier alpha value is -2.57. The zero-order valence-corrected chi connectivity index (χ0v) is 16.1. The first-order valence-electron chi connectivity index (χ1n) is 8.46. The third kappa shape index (κ3) is 6.58. The first-order valence-corrected chi connectivity index (χ1v) is 8.83. The Kier molecular flexibility index (Phi) is 8.10. The maximum Gasteiger partial charge on any atom is 0.315 e. The van der Waals surface area contributed by atoms with Crippen LogP contribution in [0.1, 0.15) is 29.2 Å². The number of nitrogens with one attached hydrogen (secondary N) is 2. The van der Waals surface area contributed by atoms with E-state index in [9.17, 15) is 9.59 Å². The average Bonchev–Trinajstić information content (AvgIpc) is 2.67. The number of amides is 2. The van der Waals surface area contributed by atoms with Crippen molar-refractivity contribution in [2.24, 2.45) is 0 Å². The van der Waals surface area contributed by atoms with Gasteiger partial charge in [0.25, 0.3) is 0 Å². The van der Waals surface area contributed by atoms with E-state index in [-0.39, 0.29) is 6.42 Å². The number of benzene rings is 2. The minimum absolute atomic E-state index is 0.0169. The van der Waals surface area contributed by atoms with Crippen molar-refractivity contribution in [1.82, 2.24) is 10.6 Å². The molecule has 2 N–H and O–H groups in total. The zero-order valence-electron chi connectivity index (χ0n) is 15.3. The van der Waals surface area contributed by atoms with E-state index >= 15 is 0 Å². The highest BCUT2D eigenvalue weighted by atomic mass is 35.5. The van der Waals surface area contributed by atoms with Crippen molar-refractivity contribution in [3.05, 3.63) is 70.2 Å². The SMILES string of the molecule is COCc1cccc(CNC(=O)NC(CC(=O)OC)c2ccccc2Cl)c1. The Bertz CT molecular complexity index is 782. The van der Waals surface area contributed by atoms with Gasteiger partial charge in [-0.05, 0) is 22.8 Å². The van der Waals surface area contributed by atoms with Crippen molar-refractivity contribution in [3.63, 3.8) is 0 Å². The number of carbonyl (C=O) groups excluding carboxylic acids is 2. The lowest BCUT2D eigenvalue weighted by Gasteiger charge is -2.20. The number of hydrogen-bond donors (Lipinski definition) is 2. The van der Waals surface area contributed by atoms with Gasteiger partial charge >= 0.3 is 12.0 Å². The number of halogens is 1. The predicted molar refractivity (Wildman–Crippen MR) is 103 cm³/mol. The van der Waals surface area contributed by atoms with Gasteiger partial charge in [0.1, 0.15) is 0 Å². The monoisotopic (exact) mass is 390 g/mol. The second-order valence-electron chi connectivity index (χ2n) is 5.93. The molecule has 0 aliphatic carbocycles. The summed E-state index contributed by atoms with van der Waals surface area (Å²) in [5.74, 6) is -0.438. The van der Waals surface area contributed by atoms with E-state index < -0.39 is 18.0 Å². The summed E-state index contributed by atoms with van der Waals surface area (Å²) < 4.78 is 9.84. The molecule has 0 fully saturated rings. The predicted octanol–water partition coefficient (Wildman–Crippen LogP) is 3.59. The minimum Gasteiger partial charge on any atom is -0.469 e. The Morgan fingerprint density at radius 3 is 2.52 bits per heavy atom. The molecule has 6 nitrogen and oxygen atoms in total. The Morgan fingerprint density at radius 1 is 1.07 bits per heavy atom. The quantitative estimate of drug-likeness (QED) is 0.675. The lowest BCUT2D eigenvalue weighted by atomic mass is 10.0. The van der Waals surface area contributed by atoms with E-state index in [0.29, 0.717) is 23.7 Å². The number of methoxy groups -OCH3 is 2. The number of esters is 1. The first-order chi connectivity index (χ1) is 13.0. The van der Waals surface area contributed by atoms with Crippen molar-refractivity contribution in [3.8, 4) is 0 Å². The lowest BCUT2D eigenvalue weighted by Crippen LogP contribution is -2.38. The fourth-order valence-electron chi connectivity index (χ4n) is 2.63. The molecule has 0 bridgehead atoms. The van der Waals surface area contributed by atoms with E-state index in [1.807, 2.05) is 24.3 Å². The minimum atomic E-state index is -0.592. The average molecular weight is 391 g/mol. The zero-order chi connectivity index (χ0) is 19.6. The first kappa shape index (κ1) is 20.7. The summed E-state index contributed by atoms with van der Waals surface area (Å²) in [6.45, 7) is 0.852. The molecule has 0 radical (unpaired) electrons. The second-order valence-corrected chi connectivity index (χ2v) is 6.34. The fourth-order valence-corrected chi connectivity index (χ4v) is 2.90. The van der Waals surface area contributed by atoms with Gasteiger partial charge in [-0.1, -0.05) is 54.1 Å². The molecular weight excluding hydrogens is 368 g/mol. The number of carbonyl (C=O) groups is 2. The van der Waals surface area contributed by atoms with Gasteiger partial charge in [-0.3, -0.25) is 4.79 Å². The highest BCUT2D eigenvalue weighted by Crippen LogP contribution is 2.25. The molecule has 0 aliphatic heterocycles. The number of rotatable bonds is 8. The maximum atomic E-state index is 12.3. The molecule has 0 saturated carbocycles. The van der Waals surface area contributed by atoms with Crippen LogP contribution in [0, 0.1) is 0 Å². The van der Waals surface area contributed by atoms with Crippen LogP contribution < -0.4 is 10.6 Å². The highest BCUT2D eigenvalue weighted by molar-refractivity contribution is 6.31. The van der Waals surface area contributed by atoms with Crippen LogP contribution >= 0.6 is 11.6 Å². The number of urea groups is 1. The van der Waals surface area contributed by atoms with Gasteiger partial charge in [-0.2, -0.15) is 0 Å². The summed E-state index contributed by atoms with van der Waals surface area (Å²) in [6, 6.07) is 13.8. The largest absolute Gasteiger partial charge is 0.469 e. The van der Waals surface area contributed by atoms with E-state index in [2.05, 4.69) is 10.6 Å². The molecule has 2 aromatic rings. The Labute approximate surface area is 163 Å². The molecule has 1 atom stereocenters. The molecule has 0 heterocycles. The molecule has 0 aromatic heterocycles. The van der Waals surface area contributed by atoms with Crippen LogP contribution in [0.4, 0.5) is 4.79 Å². The van der Waals surface area contributed by atoms with Gasteiger partial charge in [0.15, 0.2) is 0 Å². The van der Waals surface area contributed by atoms with Crippen LogP contribution in [0.25, 0.3) is 0 Å².